The lowest BCUT2D eigenvalue weighted by Crippen LogP contribution is -2.61. The molecule has 1 saturated carbocycles. The summed E-state index contributed by atoms with van der Waals surface area (Å²) in [4.78, 5) is 28.5. The van der Waals surface area contributed by atoms with E-state index in [0.717, 1.165) is 12.8 Å². The van der Waals surface area contributed by atoms with Crippen LogP contribution in [0.3, 0.4) is 0 Å². The molecule has 0 amide bonds. The van der Waals surface area contributed by atoms with Gasteiger partial charge in [-0.15, -0.1) is 0 Å². The number of nitrogens with two attached hydrogens (primary N) is 1. The van der Waals surface area contributed by atoms with E-state index in [-0.39, 0.29) is 23.2 Å². The molecule has 3 aliphatic rings. The second-order valence-electron chi connectivity index (χ2n) is 8.53. The Bertz CT molecular complexity index is 1090. The number of nitrogens with zero attached hydrogens (tertiary/aromatic N) is 2. The highest BCUT2D eigenvalue weighted by Crippen LogP contribution is 2.34. The van der Waals surface area contributed by atoms with Gasteiger partial charge in [-0.25, -0.2) is 9.18 Å². The molecular weight excluding hydrogens is 408 g/mol. The van der Waals surface area contributed by atoms with Crippen LogP contribution in [0.15, 0.2) is 9.59 Å². The number of aromatic amines is 1. The summed E-state index contributed by atoms with van der Waals surface area (Å²) in [5.41, 5.74) is 4.70. The molecule has 4 N–H and O–H groups in total. The van der Waals surface area contributed by atoms with E-state index in [1.807, 2.05) is 0 Å². The number of aliphatic hydroxyl groups excluding tert-OH is 1. The van der Waals surface area contributed by atoms with Crippen molar-refractivity contribution in [3.63, 3.8) is 0 Å². The maximum atomic E-state index is 15.2. The minimum Gasteiger partial charge on any atom is -0.508 e. The summed E-state index contributed by atoms with van der Waals surface area (Å²) in [5, 5.41) is 10.5. The molecule has 30 heavy (non-hydrogen) atoms. The molecule has 4 atom stereocenters. The zero-order valence-corrected chi connectivity index (χ0v) is 16.4. The Balaban J connectivity index is 1.75. The third-order valence-corrected chi connectivity index (χ3v) is 6.39. The number of hydrogen-bond donors (Lipinski definition) is 3. The van der Waals surface area contributed by atoms with Gasteiger partial charge in [-0.1, -0.05) is 0 Å². The molecule has 2 heterocycles. The number of nitrogens with one attached hydrogen (secondary N) is 1. The number of aromatic nitrogens is 2. The Hall–Kier alpha value is -2.14. The average Bonchev–Trinajstić information content (AvgIpc) is 3.34. The van der Waals surface area contributed by atoms with Crippen LogP contribution in [0.25, 0.3) is 11.3 Å². The van der Waals surface area contributed by atoms with Gasteiger partial charge in [0.25, 0.3) is 5.56 Å². The highest BCUT2D eigenvalue weighted by molar-refractivity contribution is 5.60. The van der Waals surface area contributed by atoms with Crippen LogP contribution in [0.1, 0.15) is 38.6 Å². The fraction of sp³-hybridized carbons (Fsp3) is 0.684. The summed E-state index contributed by atoms with van der Waals surface area (Å²) in [6.45, 7) is 2.04. The first-order valence-corrected chi connectivity index (χ1v) is 9.99. The van der Waals surface area contributed by atoms with Crippen molar-refractivity contribution in [3.05, 3.63) is 31.4 Å². The van der Waals surface area contributed by atoms with Crippen LogP contribution in [0.2, 0.25) is 0 Å². The molecule has 0 aromatic carbocycles. The van der Waals surface area contributed by atoms with Crippen molar-refractivity contribution >= 4 is 11.3 Å². The van der Waals surface area contributed by atoms with E-state index >= 15 is 4.39 Å². The average molecular weight is 432 g/mol. The van der Waals surface area contributed by atoms with E-state index in [0.29, 0.717) is 18.5 Å². The summed E-state index contributed by atoms with van der Waals surface area (Å²) in [7, 11) is 0. The maximum Gasteiger partial charge on any atom is 0.390 e. The van der Waals surface area contributed by atoms with Gasteiger partial charge in [-0.2, -0.15) is 13.2 Å². The molecule has 0 spiro atoms. The van der Waals surface area contributed by atoms with Gasteiger partial charge in [0.05, 0.1) is 17.8 Å². The number of halogens is 4. The van der Waals surface area contributed by atoms with Gasteiger partial charge >= 0.3 is 11.9 Å². The van der Waals surface area contributed by atoms with Crippen LogP contribution >= 0.6 is 0 Å². The number of H-pyrrole nitrogens is 1. The first-order chi connectivity index (χ1) is 14.0. The highest BCUT2D eigenvalue weighted by Gasteiger charge is 2.43. The lowest BCUT2D eigenvalue weighted by Gasteiger charge is -2.34. The van der Waals surface area contributed by atoms with Gasteiger partial charge < -0.3 is 10.8 Å². The summed E-state index contributed by atoms with van der Waals surface area (Å²) < 4.78 is 54.7. The second kappa shape index (κ2) is 7.23. The first-order valence-electron chi connectivity index (χ1n) is 9.99. The van der Waals surface area contributed by atoms with Gasteiger partial charge in [0.1, 0.15) is 11.0 Å². The van der Waals surface area contributed by atoms with Gasteiger partial charge in [0, 0.05) is 18.6 Å². The first kappa shape index (κ1) is 21.1. The third-order valence-electron chi connectivity index (χ3n) is 6.39. The van der Waals surface area contributed by atoms with Crippen molar-refractivity contribution in [1.29, 1.82) is 0 Å². The monoisotopic (exact) mass is 432 g/mol. The quantitative estimate of drug-likeness (QED) is 0.583. The fourth-order valence-corrected chi connectivity index (χ4v) is 4.81. The molecule has 0 bridgehead atoms. The van der Waals surface area contributed by atoms with E-state index < -0.39 is 53.8 Å². The zero-order chi connectivity index (χ0) is 22.0. The van der Waals surface area contributed by atoms with Crippen molar-refractivity contribution in [2.24, 2.45) is 11.7 Å². The highest BCUT2D eigenvalue weighted by atomic mass is 19.4. The molecule has 1 aromatic rings. The van der Waals surface area contributed by atoms with Crippen molar-refractivity contribution in [3.8, 4) is 0 Å². The Morgan fingerprint density at radius 3 is 2.53 bits per heavy atom. The zero-order valence-electron chi connectivity index (χ0n) is 16.4. The molecule has 2 aliphatic carbocycles. The number of fused-ring (bicyclic) bond motifs is 1. The third kappa shape index (κ3) is 3.58. The van der Waals surface area contributed by atoms with E-state index in [4.69, 9.17) is 5.73 Å². The van der Waals surface area contributed by atoms with Crippen LogP contribution in [-0.2, 0) is 0 Å². The Morgan fingerprint density at radius 1 is 1.27 bits per heavy atom. The predicted molar refractivity (Wildman–Crippen MR) is 101 cm³/mol. The maximum absolute atomic E-state index is 15.2. The Labute approximate surface area is 168 Å². The van der Waals surface area contributed by atoms with Crippen LogP contribution in [0.5, 0.6) is 0 Å². The van der Waals surface area contributed by atoms with Gasteiger partial charge in [-0.3, -0.25) is 19.2 Å². The number of rotatable bonds is 4. The van der Waals surface area contributed by atoms with E-state index in [9.17, 15) is 27.9 Å². The summed E-state index contributed by atoms with van der Waals surface area (Å²) >= 11 is 0. The van der Waals surface area contributed by atoms with Crippen molar-refractivity contribution in [1.82, 2.24) is 14.5 Å². The Morgan fingerprint density at radius 2 is 1.93 bits per heavy atom. The molecule has 4 rings (SSSR count). The SMILES string of the molecule is CC1=c2c(c(=O)[nH]c(=O)n2C2CC2)=C(O)C(F)C1N1CCC(C(N)CC(F)(F)F)C1. The molecule has 4 unspecified atom stereocenters. The fourth-order valence-electron chi connectivity index (χ4n) is 4.81. The van der Waals surface area contributed by atoms with Gasteiger partial charge in [0.2, 0.25) is 0 Å². The van der Waals surface area contributed by atoms with E-state index in [1.54, 1.807) is 11.8 Å². The molecular formula is C19H24F4N4O3. The molecule has 2 fully saturated rings. The van der Waals surface area contributed by atoms with Crippen molar-refractivity contribution in [2.75, 3.05) is 13.1 Å². The van der Waals surface area contributed by atoms with Crippen LogP contribution < -0.4 is 27.6 Å². The van der Waals surface area contributed by atoms with Crippen LogP contribution in [-0.4, -0.2) is 57.1 Å². The second-order valence-corrected chi connectivity index (χ2v) is 8.53. The van der Waals surface area contributed by atoms with Crippen molar-refractivity contribution < 1.29 is 22.7 Å². The number of aliphatic hydroxyl groups is 1. The molecule has 11 heteroatoms. The standard InChI is InChI=1S/C19H24F4N4O3/c1-8-14-12(17(29)25-18(30)27(14)10-2-3-10)16(28)13(20)15(8)26-5-4-9(7-26)11(24)6-19(21,22)23/h9-11,13,15,28H,2-7,24H2,1H3,(H,25,29,30). The minimum absolute atomic E-state index is 0.130. The van der Waals surface area contributed by atoms with E-state index in [2.05, 4.69) is 4.98 Å². The summed E-state index contributed by atoms with van der Waals surface area (Å²) in [6.07, 6.45) is -5.60. The van der Waals surface area contributed by atoms with E-state index in [1.165, 1.54) is 4.57 Å². The van der Waals surface area contributed by atoms with Crippen molar-refractivity contribution in [2.45, 2.75) is 63.1 Å². The molecule has 7 nitrogen and oxygen atoms in total. The summed E-state index contributed by atoms with van der Waals surface area (Å²) in [5.74, 6) is -1.22. The van der Waals surface area contributed by atoms with Gasteiger partial charge in [-0.05, 0) is 44.2 Å². The predicted octanol–water partition coefficient (Wildman–Crippen LogP) is 0.0302. The normalized spacial score (nSPS) is 28.7. The van der Waals surface area contributed by atoms with Crippen LogP contribution in [0.4, 0.5) is 17.6 Å². The summed E-state index contributed by atoms with van der Waals surface area (Å²) in [6, 6.07) is -2.21. The number of hydrogen-bond acceptors (Lipinski definition) is 5. The molecule has 1 saturated heterocycles. The molecule has 1 aliphatic heterocycles. The lowest BCUT2D eigenvalue weighted by molar-refractivity contribution is -0.140. The molecule has 1 aromatic heterocycles. The van der Waals surface area contributed by atoms with Gasteiger partial charge in [0.15, 0.2) is 6.17 Å². The molecule has 166 valence electrons. The largest absolute Gasteiger partial charge is 0.508 e. The lowest BCUT2D eigenvalue weighted by atomic mass is 9.93. The number of likely N-dealkylation sites (tertiary alicyclic amines) is 1. The molecule has 0 radical (unpaired) electrons. The Kier molecular flexibility index (Phi) is 5.08. The number of alkyl halides is 4. The topological polar surface area (TPSA) is 104 Å². The minimum atomic E-state index is -4.38. The van der Waals surface area contributed by atoms with Crippen LogP contribution in [0, 0.1) is 5.92 Å². The smallest absolute Gasteiger partial charge is 0.390 e.